The van der Waals surface area contributed by atoms with Crippen LogP contribution in [0.4, 0.5) is 0 Å². The fourth-order valence-corrected chi connectivity index (χ4v) is 8.95. The number of ketones is 2. The lowest BCUT2D eigenvalue weighted by molar-refractivity contribution is -0.187. The summed E-state index contributed by atoms with van der Waals surface area (Å²) in [5, 5.41) is 23.1. The average Bonchev–Trinajstić information content (AvgIpc) is 3.08. The van der Waals surface area contributed by atoms with Gasteiger partial charge >= 0.3 is 0 Å². The van der Waals surface area contributed by atoms with Crippen LogP contribution in [0.25, 0.3) is 0 Å². The van der Waals surface area contributed by atoms with E-state index in [0.717, 1.165) is 12.0 Å². The zero-order chi connectivity index (χ0) is 23.1. The number of carbonyl (C=O) groups is 2. The molecule has 2 saturated carbocycles. The maximum absolute atomic E-state index is 14.1. The second-order valence-corrected chi connectivity index (χ2v) is 11.7. The van der Waals surface area contributed by atoms with Crippen molar-refractivity contribution < 1.29 is 29.0 Å². The number of fused-ring (bicyclic) bond motifs is 3. The highest BCUT2D eigenvalue weighted by Gasteiger charge is 2.88. The maximum Gasteiger partial charge on any atom is 0.206 e. The van der Waals surface area contributed by atoms with Crippen molar-refractivity contribution in [2.75, 3.05) is 0 Å². The molecule has 8 atom stereocenters. The Morgan fingerprint density at radius 1 is 1.12 bits per heavy atom. The van der Waals surface area contributed by atoms with Crippen LogP contribution >= 0.6 is 0 Å². The van der Waals surface area contributed by atoms with E-state index in [4.69, 9.17) is 9.15 Å². The Morgan fingerprint density at radius 2 is 1.84 bits per heavy atom. The standard InChI is InChI=1S/C26H30O6/c1-22(2)16(28)6-8-23(3)19-15(27)11-24(4)14(13-7-9-31-12-13)10-17-26(24,32-17)25(19,5)21(30)18(29)20(22)23/h6-9,12,14-15,17,19,27,29H,10-11H2,1-5H3/t14?,15?,17?,19?,23-,24+,25+,26-/m1/s1. The summed E-state index contributed by atoms with van der Waals surface area (Å²) >= 11 is 0. The molecule has 0 radical (unpaired) electrons. The predicted molar refractivity (Wildman–Crippen MR) is 115 cm³/mol. The first kappa shape index (κ1) is 20.4. The van der Waals surface area contributed by atoms with Crippen LogP contribution in [-0.4, -0.2) is 39.6 Å². The molecule has 6 nitrogen and oxygen atoms in total. The third-order valence-electron chi connectivity index (χ3n) is 10.1. The van der Waals surface area contributed by atoms with Gasteiger partial charge in [0, 0.05) is 16.7 Å². The molecule has 1 spiro atoms. The van der Waals surface area contributed by atoms with Gasteiger partial charge in [-0.15, -0.1) is 0 Å². The van der Waals surface area contributed by atoms with Crippen LogP contribution < -0.4 is 0 Å². The highest BCUT2D eigenvalue weighted by molar-refractivity contribution is 6.06. The molecule has 170 valence electrons. The van der Waals surface area contributed by atoms with Crippen LogP contribution in [0.3, 0.4) is 0 Å². The Labute approximate surface area is 187 Å². The minimum absolute atomic E-state index is 0.0838. The lowest BCUT2D eigenvalue weighted by Gasteiger charge is -2.63. The summed E-state index contributed by atoms with van der Waals surface area (Å²) in [6.07, 6.45) is 7.02. The average molecular weight is 439 g/mol. The van der Waals surface area contributed by atoms with E-state index in [1.807, 2.05) is 19.9 Å². The molecule has 1 aliphatic heterocycles. The summed E-state index contributed by atoms with van der Waals surface area (Å²) in [6, 6.07) is 1.95. The van der Waals surface area contributed by atoms with Crippen LogP contribution in [0.2, 0.25) is 0 Å². The van der Waals surface area contributed by atoms with Gasteiger partial charge in [-0.3, -0.25) is 9.59 Å². The fourth-order valence-electron chi connectivity index (χ4n) is 8.95. The molecular formula is C26H30O6. The number of hydrogen-bond donors (Lipinski definition) is 2. The summed E-state index contributed by atoms with van der Waals surface area (Å²) in [5.74, 6) is -1.33. The van der Waals surface area contributed by atoms with Crippen LogP contribution in [0.15, 0.2) is 46.5 Å². The van der Waals surface area contributed by atoms with Crippen molar-refractivity contribution in [2.24, 2.45) is 27.6 Å². The quantitative estimate of drug-likeness (QED) is 0.646. The Bertz CT molecular complexity index is 1130. The van der Waals surface area contributed by atoms with E-state index in [0.29, 0.717) is 12.0 Å². The lowest BCUT2D eigenvalue weighted by Crippen LogP contribution is -2.70. The van der Waals surface area contributed by atoms with Crippen molar-refractivity contribution in [3.05, 3.63) is 47.6 Å². The van der Waals surface area contributed by atoms with Gasteiger partial charge in [0.05, 0.1) is 35.6 Å². The number of carbonyl (C=O) groups excluding carboxylic acids is 2. The SMILES string of the molecule is CC1(C)C(=O)C=C[C@@]2(C)C1=C(O)C(=O)[C@]1(C)C2C(O)C[C@@]2(C)C(c3ccoc3)CC3O[C@]321. The van der Waals surface area contributed by atoms with Gasteiger partial charge in [0.25, 0.3) is 0 Å². The first-order valence-corrected chi connectivity index (χ1v) is 11.5. The highest BCUT2D eigenvalue weighted by Crippen LogP contribution is 2.81. The second kappa shape index (κ2) is 5.48. The smallest absolute Gasteiger partial charge is 0.206 e. The number of allylic oxidation sites excluding steroid dienone is 4. The van der Waals surface area contributed by atoms with Crippen molar-refractivity contribution in [3.63, 3.8) is 0 Å². The van der Waals surface area contributed by atoms with Crippen LogP contribution in [0.5, 0.6) is 0 Å². The molecule has 4 aliphatic carbocycles. The number of ether oxygens (including phenoxy) is 1. The van der Waals surface area contributed by atoms with Crippen LogP contribution in [-0.2, 0) is 14.3 Å². The third-order valence-corrected chi connectivity index (χ3v) is 10.1. The molecule has 1 aromatic heterocycles. The molecule has 0 aromatic carbocycles. The number of furan rings is 1. The zero-order valence-electron chi connectivity index (χ0n) is 19.1. The van der Waals surface area contributed by atoms with E-state index >= 15 is 0 Å². The van der Waals surface area contributed by atoms with E-state index < -0.39 is 45.1 Å². The van der Waals surface area contributed by atoms with Crippen molar-refractivity contribution in [3.8, 4) is 0 Å². The topological polar surface area (TPSA) is 100 Å². The minimum Gasteiger partial charge on any atom is -0.504 e. The molecule has 1 saturated heterocycles. The highest BCUT2D eigenvalue weighted by atomic mass is 16.6. The summed E-state index contributed by atoms with van der Waals surface area (Å²) < 4.78 is 11.8. The number of Topliss-reactive ketones (excluding diaryl/α,β-unsaturated/α-hetero) is 1. The molecule has 1 aromatic rings. The van der Waals surface area contributed by atoms with E-state index in [9.17, 15) is 19.8 Å². The second-order valence-electron chi connectivity index (χ2n) is 11.7. The molecule has 4 unspecified atom stereocenters. The largest absolute Gasteiger partial charge is 0.504 e. The van der Waals surface area contributed by atoms with Gasteiger partial charge in [0.1, 0.15) is 5.60 Å². The molecule has 0 amide bonds. The van der Waals surface area contributed by atoms with Gasteiger partial charge in [-0.25, -0.2) is 0 Å². The molecule has 2 N–H and O–H groups in total. The van der Waals surface area contributed by atoms with E-state index in [2.05, 4.69) is 6.92 Å². The molecule has 32 heavy (non-hydrogen) atoms. The van der Waals surface area contributed by atoms with Crippen molar-refractivity contribution in [1.82, 2.24) is 0 Å². The lowest BCUT2D eigenvalue weighted by atomic mass is 9.38. The summed E-state index contributed by atoms with van der Waals surface area (Å²) in [5.41, 5.74) is -2.82. The number of aliphatic hydroxyl groups is 2. The predicted octanol–water partition coefficient (Wildman–Crippen LogP) is 3.86. The monoisotopic (exact) mass is 438 g/mol. The molecule has 6 heteroatoms. The van der Waals surface area contributed by atoms with Crippen molar-refractivity contribution in [1.29, 1.82) is 0 Å². The third kappa shape index (κ3) is 1.82. The molecule has 0 bridgehead atoms. The van der Waals surface area contributed by atoms with E-state index in [1.54, 1.807) is 38.5 Å². The first-order valence-electron chi connectivity index (χ1n) is 11.5. The van der Waals surface area contributed by atoms with Crippen LogP contribution in [0.1, 0.15) is 58.9 Å². The summed E-state index contributed by atoms with van der Waals surface area (Å²) in [6.45, 7) is 9.42. The normalized spacial score (nSPS) is 50.6. The van der Waals surface area contributed by atoms with Gasteiger partial charge in [0.15, 0.2) is 11.5 Å². The van der Waals surface area contributed by atoms with Gasteiger partial charge in [0.2, 0.25) is 5.78 Å². The van der Waals surface area contributed by atoms with Gasteiger partial charge < -0.3 is 19.4 Å². The number of rotatable bonds is 1. The molecule has 6 rings (SSSR count). The van der Waals surface area contributed by atoms with Crippen LogP contribution in [0, 0.1) is 27.6 Å². The fraction of sp³-hybridized carbons (Fsp3) is 0.615. The number of epoxide rings is 1. The Hall–Kier alpha value is -2.18. The summed E-state index contributed by atoms with van der Waals surface area (Å²) in [4.78, 5) is 26.8. The maximum atomic E-state index is 14.1. The number of hydrogen-bond acceptors (Lipinski definition) is 6. The first-order chi connectivity index (χ1) is 14.9. The van der Waals surface area contributed by atoms with E-state index in [-0.39, 0.29) is 23.6 Å². The molecule has 2 heterocycles. The molecule has 5 aliphatic rings. The van der Waals surface area contributed by atoms with Gasteiger partial charge in [-0.1, -0.05) is 19.9 Å². The zero-order valence-corrected chi connectivity index (χ0v) is 19.1. The van der Waals surface area contributed by atoms with E-state index in [1.165, 1.54) is 0 Å². The molecule has 3 fully saturated rings. The van der Waals surface area contributed by atoms with Gasteiger partial charge in [-0.05, 0) is 62.8 Å². The Morgan fingerprint density at radius 3 is 2.50 bits per heavy atom. The van der Waals surface area contributed by atoms with Gasteiger partial charge in [-0.2, -0.15) is 0 Å². The Kier molecular flexibility index (Phi) is 3.50. The Balaban J connectivity index is 1.60. The van der Waals surface area contributed by atoms with Crippen molar-refractivity contribution >= 4 is 11.6 Å². The van der Waals surface area contributed by atoms with Crippen molar-refractivity contribution in [2.45, 2.75) is 71.2 Å². The number of aliphatic hydroxyl groups excluding tert-OH is 2. The molecular weight excluding hydrogens is 408 g/mol. The minimum atomic E-state index is -1.13. The summed E-state index contributed by atoms with van der Waals surface area (Å²) in [7, 11) is 0.